The maximum Gasteiger partial charge on any atom is 0.128 e. The van der Waals surface area contributed by atoms with Crippen LogP contribution < -0.4 is 0 Å². The highest BCUT2D eigenvalue weighted by Gasteiger charge is 2.31. The monoisotopic (exact) mass is 267 g/mol. The maximum atomic E-state index is 10.1. The summed E-state index contributed by atoms with van der Waals surface area (Å²) in [5.41, 5.74) is -0.426. The lowest BCUT2D eigenvalue weighted by molar-refractivity contribution is -0.0749. The molecule has 2 aliphatic rings. The van der Waals surface area contributed by atoms with Gasteiger partial charge < -0.3 is 14.6 Å². The van der Waals surface area contributed by atoms with E-state index in [9.17, 15) is 5.11 Å². The Labute approximate surface area is 116 Å². The minimum Gasteiger partial charge on any atom is -0.389 e. The number of nitrogens with zero attached hydrogens (tertiary/aromatic N) is 1. The minimum atomic E-state index is -0.467. The molecule has 1 saturated carbocycles. The topological polar surface area (TPSA) is 41.9 Å². The van der Waals surface area contributed by atoms with Crippen molar-refractivity contribution in [1.29, 1.82) is 0 Å². The van der Waals surface area contributed by atoms with Gasteiger partial charge in [0.05, 0.1) is 25.9 Å². The normalized spacial score (nSPS) is 25.7. The Kier molecular flexibility index (Phi) is 5.65. The van der Waals surface area contributed by atoms with Gasteiger partial charge in [-0.05, 0) is 25.7 Å². The Balaban J connectivity index is 1.72. The molecule has 2 fully saturated rings. The molecule has 19 heavy (non-hydrogen) atoms. The van der Waals surface area contributed by atoms with Gasteiger partial charge in [0.25, 0.3) is 0 Å². The molecule has 1 heterocycles. The van der Waals surface area contributed by atoms with Crippen LogP contribution in [0.25, 0.3) is 0 Å². The van der Waals surface area contributed by atoms with Crippen molar-refractivity contribution in [1.82, 2.24) is 4.90 Å². The number of morpholine rings is 1. The second-order valence-corrected chi connectivity index (χ2v) is 5.58. The van der Waals surface area contributed by atoms with Crippen LogP contribution in [0.15, 0.2) is 0 Å². The van der Waals surface area contributed by atoms with E-state index < -0.39 is 11.7 Å². The second-order valence-electron chi connectivity index (χ2n) is 5.58. The third-order valence-electron chi connectivity index (χ3n) is 4.05. The lowest BCUT2D eigenvalue weighted by atomic mass is 9.85. The van der Waals surface area contributed by atoms with Crippen molar-refractivity contribution in [3.63, 3.8) is 0 Å². The lowest BCUT2D eigenvalue weighted by Crippen LogP contribution is -2.44. The zero-order chi connectivity index (χ0) is 13.6. The van der Waals surface area contributed by atoms with E-state index in [0.717, 1.165) is 52.0 Å². The van der Waals surface area contributed by atoms with E-state index in [2.05, 4.69) is 10.8 Å². The molecule has 1 N–H and O–H groups in total. The number of aliphatic hydroxyl groups excluding tert-OH is 1. The fourth-order valence-corrected chi connectivity index (χ4v) is 2.84. The molecule has 1 atom stereocenters. The Hall–Kier alpha value is -0.600. The number of terminal acetylenes is 1. The van der Waals surface area contributed by atoms with Crippen LogP contribution in [0.2, 0.25) is 0 Å². The third-order valence-corrected chi connectivity index (χ3v) is 4.05. The number of ether oxygens (including phenoxy) is 2. The van der Waals surface area contributed by atoms with Crippen LogP contribution >= 0.6 is 0 Å². The van der Waals surface area contributed by atoms with Crippen molar-refractivity contribution < 1.29 is 14.6 Å². The number of hydrogen-bond donors (Lipinski definition) is 1. The first-order chi connectivity index (χ1) is 9.24. The van der Waals surface area contributed by atoms with E-state index in [1.165, 1.54) is 6.42 Å². The first-order valence-electron chi connectivity index (χ1n) is 7.34. The van der Waals surface area contributed by atoms with Crippen LogP contribution in [-0.2, 0) is 9.47 Å². The van der Waals surface area contributed by atoms with Crippen molar-refractivity contribution in [3.8, 4) is 12.3 Å². The zero-order valence-electron chi connectivity index (χ0n) is 11.6. The van der Waals surface area contributed by atoms with Crippen molar-refractivity contribution in [2.24, 2.45) is 0 Å². The Morgan fingerprint density at radius 2 is 1.95 bits per heavy atom. The molecule has 1 saturated heterocycles. The van der Waals surface area contributed by atoms with Crippen molar-refractivity contribution in [2.75, 3.05) is 39.5 Å². The summed E-state index contributed by atoms with van der Waals surface area (Å²) < 4.78 is 11.2. The van der Waals surface area contributed by atoms with Gasteiger partial charge in [-0.15, -0.1) is 6.42 Å². The molecule has 0 aromatic carbocycles. The highest BCUT2D eigenvalue weighted by atomic mass is 16.5. The number of hydrogen-bond acceptors (Lipinski definition) is 4. The molecule has 2 rings (SSSR count). The summed E-state index contributed by atoms with van der Waals surface area (Å²) in [5.74, 6) is 2.81. The number of β-amino-alcohol motifs (C(OH)–C–C–N with tert-alkyl or cyclic N) is 1. The molecule has 0 bridgehead atoms. The quantitative estimate of drug-likeness (QED) is 0.756. The van der Waals surface area contributed by atoms with Crippen LogP contribution in [0.5, 0.6) is 0 Å². The van der Waals surface area contributed by atoms with Gasteiger partial charge in [-0.25, -0.2) is 0 Å². The summed E-state index contributed by atoms with van der Waals surface area (Å²) in [6, 6.07) is 0. The fraction of sp³-hybridized carbons (Fsp3) is 0.867. The van der Waals surface area contributed by atoms with Gasteiger partial charge in [-0.1, -0.05) is 12.3 Å². The van der Waals surface area contributed by atoms with Gasteiger partial charge in [-0.3, -0.25) is 4.90 Å². The standard InChI is InChI=1S/C15H25NO3/c1-2-15(6-4-3-5-7-15)19-13-14(17)12-16-8-10-18-11-9-16/h1,14,17H,3-13H2/t14-/m0/s1. The SMILES string of the molecule is C#CC1(OC[C@@H](O)CN2CCOCC2)CCCCC1. The molecule has 0 amide bonds. The molecule has 1 aliphatic carbocycles. The van der Waals surface area contributed by atoms with Gasteiger partial charge in [0, 0.05) is 19.6 Å². The second kappa shape index (κ2) is 7.25. The van der Waals surface area contributed by atoms with Crippen LogP contribution in [0.1, 0.15) is 32.1 Å². The van der Waals surface area contributed by atoms with E-state index in [1.807, 2.05) is 0 Å². The lowest BCUT2D eigenvalue weighted by Gasteiger charge is -2.34. The van der Waals surface area contributed by atoms with E-state index in [1.54, 1.807) is 0 Å². The number of aliphatic hydroxyl groups is 1. The van der Waals surface area contributed by atoms with Crippen molar-refractivity contribution in [2.45, 2.75) is 43.8 Å². The van der Waals surface area contributed by atoms with Gasteiger partial charge in [0.15, 0.2) is 0 Å². The number of rotatable bonds is 5. The molecular formula is C15H25NO3. The molecule has 4 heteroatoms. The Bertz CT molecular complexity index is 301. The molecule has 108 valence electrons. The molecule has 1 aliphatic heterocycles. The predicted molar refractivity (Wildman–Crippen MR) is 73.9 cm³/mol. The molecule has 0 aromatic heterocycles. The Morgan fingerprint density at radius 3 is 2.58 bits per heavy atom. The van der Waals surface area contributed by atoms with Crippen LogP contribution in [0.3, 0.4) is 0 Å². The van der Waals surface area contributed by atoms with E-state index in [-0.39, 0.29) is 0 Å². The predicted octanol–water partition coefficient (Wildman–Crippen LogP) is 1.03. The Morgan fingerprint density at radius 1 is 1.26 bits per heavy atom. The average Bonchev–Trinajstić information content (AvgIpc) is 2.47. The highest BCUT2D eigenvalue weighted by Crippen LogP contribution is 2.31. The van der Waals surface area contributed by atoms with Gasteiger partial charge in [-0.2, -0.15) is 0 Å². The molecular weight excluding hydrogens is 242 g/mol. The molecule has 0 unspecified atom stereocenters. The van der Waals surface area contributed by atoms with E-state index in [4.69, 9.17) is 15.9 Å². The first kappa shape index (κ1) is 14.8. The van der Waals surface area contributed by atoms with Crippen LogP contribution in [0, 0.1) is 12.3 Å². The van der Waals surface area contributed by atoms with Crippen LogP contribution in [-0.4, -0.2) is 61.2 Å². The minimum absolute atomic E-state index is 0.335. The van der Waals surface area contributed by atoms with Crippen molar-refractivity contribution in [3.05, 3.63) is 0 Å². The molecule has 0 spiro atoms. The van der Waals surface area contributed by atoms with Crippen molar-refractivity contribution >= 4 is 0 Å². The fourth-order valence-electron chi connectivity index (χ4n) is 2.84. The first-order valence-corrected chi connectivity index (χ1v) is 7.34. The molecule has 4 nitrogen and oxygen atoms in total. The van der Waals surface area contributed by atoms with Gasteiger partial charge in [0.1, 0.15) is 5.60 Å². The summed E-state index contributed by atoms with van der Waals surface area (Å²) in [4.78, 5) is 2.21. The average molecular weight is 267 g/mol. The summed E-state index contributed by atoms with van der Waals surface area (Å²) in [6.45, 7) is 4.25. The smallest absolute Gasteiger partial charge is 0.128 e. The largest absolute Gasteiger partial charge is 0.389 e. The zero-order valence-corrected chi connectivity index (χ0v) is 11.6. The molecule has 0 aromatic rings. The highest BCUT2D eigenvalue weighted by molar-refractivity contribution is 5.09. The third kappa shape index (κ3) is 4.47. The molecule has 0 radical (unpaired) electrons. The maximum absolute atomic E-state index is 10.1. The van der Waals surface area contributed by atoms with Crippen LogP contribution in [0.4, 0.5) is 0 Å². The van der Waals surface area contributed by atoms with E-state index in [0.29, 0.717) is 13.2 Å². The van der Waals surface area contributed by atoms with Gasteiger partial charge >= 0.3 is 0 Å². The summed E-state index contributed by atoms with van der Waals surface area (Å²) in [7, 11) is 0. The summed E-state index contributed by atoms with van der Waals surface area (Å²) in [6.07, 6.45) is 10.5. The van der Waals surface area contributed by atoms with Gasteiger partial charge in [0.2, 0.25) is 0 Å². The summed E-state index contributed by atoms with van der Waals surface area (Å²) in [5, 5.41) is 10.1. The summed E-state index contributed by atoms with van der Waals surface area (Å²) >= 11 is 0. The van der Waals surface area contributed by atoms with E-state index >= 15 is 0 Å².